The molecule has 0 amide bonds. The molecular formula is C8H10N2O4S. The Labute approximate surface area is 86.6 Å². The lowest BCUT2D eigenvalue weighted by atomic mass is 10.6. The normalized spacial score (nSPS) is 23.5. The van der Waals surface area contributed by atoms with Crippen LogP contribution in [0.25, 0.3) is 0 Å². The van der Waals surface area contributed by atoms with Crippen molar-refractivity contribution in [1.82, 2.24) is 5.32 Å². The SMILES string of the molecule is O=C(O)C1=CN=C(CNC2CC2)S1(=O)=O. The van der Waals surface area contributed by atoms with Crippen molar-refractivity contribution >= 4 is 20.9 Å². The molecule has 0 unspecified atom stereocenters. The van der Waals surface area contributed by atoms with Gasteiger partial charge >= 0.3 is 5.97 Å². The van der Waals surface area contributed by atoms with Crippen LogP contribution < -0.4 is 5.32 Å². The van der Waals surface area contributed by atoms with Crippen LogP contribution >= 0.6 is 0 Å². The zero-order valence-corrected chi connectivity index (χ0v) is 8.62. The maximum Gasteiger partial charge on any atom is 0.349 e. The molecule has 15 heavy (non-hydrogen) atoms. The summed E-state index contributed by atoms with van der Waals surface area (Å²) in [6.45, 7) is 0.111. The fourth-order valence-corrected chi connectivity index (χ4v) is 2.37. The third kappa shape index (κ3) is 1.93. The lowest BCUT2D eigenvalue weighted by Gasteiger charge is -2.03. The number of nitrogens with zero attached hydrogens (tertiary/aromatic N) is 1. The molecule has 0 aromatic rings. The third-order valence-electron chi connectivity index (χ3n) is 2.26. The molecule has 2 rings (SSSR count). The smallest absolute Gasteiger partial charge is 0.349 e. The summed E-state index contributed by atoms with van der Waals surface area (Å²) in [7, 11) is -3.85. The molecule has 0 saturated heterocycles. The van der Waals surface area contributed by atoms with E-state index >= 15 is 0 Å². The lowest BCUT2D eigenvalue weighted by molar-refractivity contribution is -0.131. The van der Waals surface area contributed by atoms with Crippen LogP contribution in [0.2, 0.25) is 0 Å². The van der Waals surface area contributed by atoms with E-state index in [0.29, 0.717) is 6.04 Å². The number of carboxylic acid groups (broad SMARTS) is 1. The Balaban J connectivity index is 2.08. The van der Waals surface area contributed by atoms with Crippen LogP contribution in [0.1, 0.15) is 12.8 Å². The van der Waals surface area contributed by atoms with Gasteiger partial charge in [-0.15, -0.1) is 0 Å². The summed E-state index contributed by atoms with van der Waals surface area (Å²) in [5.41, 5.74) is 0. The van der Waals surface area contributed by atoms with Gasteiger partial charge in [0.15, 0.2) is 9.95 Å². The summed E-state index contributed by atoms with van der Waals surface area (Å²) in [5, 5.41) is 11.5. The van der Waals surface area contributed by atoms with Gasteiger partial charge in [-0.2, -0.15) is 0 Å². The van der Waals surface area contributed by atoms with E-state index in [1.54, 1.807) is 0 Å². The first-order chi connectivity index (χ1) is 7.01. The first-order valence-corrected chi connectivity index (χ1v) is 5.99. The zero-order valence-electron chi connectivity index (χ0n) is 7.80. The van der Waals surface area contributed by atoms with Gasteiger partial charge in [0.05, 0.1) is 6.20 Å². The monoisotopic (exact) mass is 230 g/mol. The van der Waals surface area contributed by atoms with Crippen molar-refractivity contribution in [3.8, 4) is 0 Å². The molecule has 0 bridgehead atoms. The van der Waals surface area contributed by atoms with Gasteiger partial charge in [-0.1, -0.05) is 0 Å². The predicted octanol–water partition coefficient (Wildman–Crippen LogP) is -0.509. The number of carboxylic acids is 1. The third-order valence-corrected chi connectivity index (χ3v) is 3.98. The van der Waals surface area contributed by atoms with Gasteiger partial charge in [-0.05, 0) is 12.8 Å². The summed E-state index contributed by atoms with van der Waals surface area (Å²) in [4.78, 5) is 13.5. The highest BCUT2D eigenvalue weighted by atomic mass is 32.2. The van der Waals surface area contributed by atoms with Crippen LogP contribution in [0.5, 0.6) is 0 Å². The highest BCUT2D eigenvalue weighted by Crippen LogP contribution is 2.20. The van der Waals surface area contributed by atoms with Gasteiger partial charge in [0.25, 0.3) is 0 Å². The van der Waals surface area contributed by atoms with Crippen molar-refractivity contribution in [3.63, 3.8) is 0 Å². The second-order valence-electron chi connectivity index (χ2n) is 3.48. The van der Waals surface area contributed by atoms with E-state index in [4.69, 9.17) is 5.11 Å². The van der Waals surface area contributed by atoms with Crippen LogP contribution in [0.15, 0.2) is 16.1 Å². The number of hydrogen-bond acceptors (Lipinski definition) is 5. The van der Waals surface area contributed by atoms with Crippen LogP contribution in [-0.4, -0.2) is 37.1 Å². The molecule has 0 atom stereocenters. The molecule has 2 N–H and O–H groups in total. The van der Waals surface area contributed by atoms with Crippen LogP contribution in [0.4, 0.5) is 0 Å². The number of hydrogen-bond donors (Lipinski definition) is 2. The molecule has 0 aromatic carbocycles. The van der Waals surface area contributed by atoms with Crippen molar-refractivity contribution in [2.75, 3.05) is 6.54 Å². The average Bonchev–Trinajstić information content (AvgIpc) is 2.88. The van der Waals surface area contributed by atoms with E-state index in [0.717, 1.165) is 19.0 Å². The second-order valence-corrected chi connectivity index (χ2v) is 5.40. The number of carbonyl (C=O) groups is 1. The molecular weight excluding hydrogens is 220 g/mol. The molecule has 6 nitrogen and oxygen atoms in total. The van der Waals surface area contributed by atoms with Crippen molar-refractivity contribution in [3.05, 3.63) is 11.1 Å². The first kappa shape index (κ1) is 10.3. The van der Waals surface area contributed by atoms with E-state index in [9.17, 15) is 13.2 Å². The Kier molecular flexibility index (Phi) is 2.35. The fraction of sp³-hybridized carbons (Fsp3) is 0.500. The van der Waals surface area contributed by atoms with Crippen LogP contribution in [-0.2, 0) is 14.6 Å². The van der Waals surface area contributed by atoms with E-state index in [1.165, 1.54) is 0 Å². The molecule has 1 heterocycles. The summed E-state index contributed by atoms with van der Waals surface area (Å²) in [6.07, 6.45) is 2.96. The highest BCUT2D eigenvalue weighted by Gasteiger charge is 2.35. The maximum atomic E-state index is 11.5. The Morgan fingerprint density at radius 2 is 2.27 bits per heavy atom. The van der Waals surface area contributed by atoms with E-state index in [2.05, 4.69) is 10.3 Å². The van der Waals surface area contributed by atoms with Gasteiger partial charge in [0.2, 0.25) is 9.84 Å². The lowest BCUT2D eigenvalue weighted by Crippen LogP contribution is -2.30. The van der Waals surface area contributed by atoms with E-state index < -0.39 is 20.7 Å². The number of sulfone groups is 1. The summed E-state index contributed by atoms with van der Waals surface area (Å²) < 4.78 is 23.1. The van der Waals surface area contributed by atoms with E-state index in [1.807, 2.05) is 0 Å². The second kappa shape index (κ2) is 3.42. The molecule has 1 fully saturated rings. The van der Waals surface area contributed by atoms with Gasteiger partial charge in [-0.3, -0.25) is 0 Å². The molecule has 1 saturated carbocycles. The Morgan fingerprint density at radius 1 is 1.60 bits per heavy atom. The molecule has 82 valence electrons. The summed E-state index contributed by atoms with van der Waals surface area (Å²) >= 11 is 0. The standard InChI is InChI=1S/C8H10N2O4S/c11-8(12)6-3-10-7(15(6,13)14)4-9-5-1-2-5/h3,5,9H,1-2,4H2,(H,11,12). The molecule has 0 spiro atoms. The molecule has 1 aliphatic carbocycles. The fourth-order valence-electron chi connectivity index (χ4n) is 1.23. The molecule has 7 heteroatoms. The van der Waals surface area contributed by atoms with Crippen molar-refractivity contribution in [2.24, 2.45) is 4.99 Å². The largest absolute Gasteiger partial charge is 0.477 e. The number of aliphatic carboxylic acids is 1. The average molecular weight is 230 g/mol. The molecule has 0 aromatic heterocycles. The Bertz CT molecular complexity index is 459. The Hall–Kier alpha value is -1.21. The Morgan fingerprint density at radius 3 is 2.73 bits per heavy atom. The predicted molar refractivity (Wildman–Crippen MR) is 53.1 cm³/mol. The van der Waals surface area contributed by atoms with Gasteiger partial charge in [-0.25, -0.2) is 18.2 Å². The van der Waals surface area contributed by atoms with Gasteiger partial charge < -0.3 is 10.4 Å². The maximum absolute atomic E-state index is 11.5. The highest BCUT2D eigenvalue weighted by molar-refractivity contribution is 8.10. The van der Waals surface area contributed by atoms with Crippen molar-refractivity contribution < 1.29 is 18.3 Å². The zero-order chi connectivity index (χ0) is 11.1. The molecule has 0 radical (unpaired) electrons. The molecule has 2 aliphatic rings. The number of rotatable bonds is 4. The number of aliphatic imine (C=N–C) groups is 1. The van der Waals surface area contributed by atoms with Crippen LogP contribution in [0, 0.1) is 0 Å². The first-order valence-electron chi connectivity index (χ1n) is 4.50. The minimum Gasteiger partial charge on any atom is -0.477 e. The van der Waals surface area contributed by atoms with Gasteiger partial charge in [0, 0.05) is 12.6 Å². The summed E-state index contributed by atoms with van der Waals surface area (Å²) in [5.74, 6) is -1.46. The number of nitrogens with one attached hydrogen (secondary N) is 1. The quantitative estimate of drug-likeness (QED) is 0.678. The van der Waals surface area contributed by atoms with Crippen LogP contribution in [0.3, 0.4) is 0 Å². The van der Waals surface area contributed by atoms with Crippen molar-refractivity contribution in [2.45, 2.75) is 18.9 Å². The van der Waals surface area contributed by atoms with E-state index in [-0.39, 0.29) is 11.6 Å². The molecule has 1 aliphatic heterocycles. The van der Waals surface area contributed by atoms with Gasteiger partial charge in [0.1, 0.15) is 0 Å². The topological polar surface area (TPSA) is 95.8 Å². The van der Waals surface area contributed by atoms with Crippen molar-refractivity contribution in [1.29, 1.82) is 0 Å². The minimum absolute atomic E-state index is 0.105. The minimum atomic E-state index is -3.85. The summed E-state index contributed by atoms with van der Waals surface area (Å²) in [6, 6.07) is 0.358.